The SMILES string of the molecule is O=CNc1c(CC(=O)O)ccc2c1c1c(O)cncc1n2Cc1ccccc1. The Kier molecular flexibility index (Phi) is 4.41. The van der Waals surface area contributed by atoms with Crippen LogP contribution < -0.4 is 5.32 Å². The lowest BCUT2D eigenvalue weighted by atomic mass is 10.0. The zero-order valence-electron chi connectivity index (χ0n) is 14.8. The van der Waals surface area contributed by atoms with E-state index in [-0.39, 0.29) is 12.2 Å². The number of aromatic hydroxyl groups is 1. The second-order valence-corrected chi connectivity index (χ2v) is 6.45. The molecule has 0 aliphatic carbocycles. The number of rotatable bonds is 6. The van der Waals surface area contributed by atoms with Gasteiger partial charge in [0.2, 0.25) is 6.41 Å². The Bertz CT molecular complexity index is 1200. The van der Waals surface area contributed by atoms with E-state index in [1.54, 1.807) is 12.3 Å². The van der Waals surface area contributed by atoms with Gasteiger partial charge in [-0.25, -0.2) is 0 Å². The number of aromatic nitrogens is 2. The highest BCUT2D eigenvalue weighted by Crippen LogP contribution is 2.40. The van der Waals surface area contributed by atoms with Gasteiger partial charge in [0.05, 0.1) is 40.9 Å². The first-order chi connectivity index (χ1) is 13.6. The molecule has 0 fully saturated rings. The molecule has 0 saturated carbocycles. The van der Waals surface area contributed by atoms with Gasteiger partial charge in [-0.2, -0.15) is 0 Å². The summed E-state index contributed by atoms with van der Waals surface area (Å²) in [7, 11) is 0. The van der Waals surface area contributed by atoms with E-state index >= 15 is 0 Å². The van der Waals surface area contributed by atoms with E-state index in [1.165, 1.54) is 6.20 Å². The first kappa shape index (κ1) is 17.5. The molecule has 0 saturated heterocycles. The molecule has 7 heteroatoms. The number of amides is 1. The Morgan fingerprint density at radius 3 is 2.57 bits per heavy atom. The number of aliphatic carboxylic acids is 1. The van der Waals surface area contributed by atoms with Crippen molar-refractivity contribution in [3.8, 4) is 5.75 Å². The van der Waals surface area contributed by atoms with Crippen LogP contribution in [0.25, 0.3) is 21.8 Å². The van der Waals surface area contributed by atoms with Crippen LogP contribution in [0.4, 0.5) is 5.69 Å². The summed E-state index contributed by atoms with van der Waals surface area (Å²) in [4.78, 5) is 26.6. The smallest absolute Gasteiger partial charge is 0.307 e. The standard InChI is InChI=1S/C21H17N3O4/c25-12-23-21-14(8-18(27)28)6-7-15-20(21)19-16(9-22-10-17(19)26)24(15)11-13-4-2-1-3-5-13/h1-7,9-10,12,26H,8,11H2,(H,23,25)(H,27,28). The Morgan fingerprint density at radius 1 is 1.07 bits per heavy atom. The minimum atomic E-state index is -1.01. The number of pyridine rings is 1. The third-order valence-electron chi connectivity index (χ3n) is 4.74. The second-order valence-electron chi connectivity index (χ2n) is 6.45. The maximum Gasteiger partial charge on any atom is 0.307 e. The summed E-state index contributed by atoms with van der Waals surface area (Å²) in [5, 5.41) is 23.5. The summed E-state index contributed by atoms with van der Waals surface area (Å²) >= 11 is 0. The number of benzene rings is 2. The van der Waals surface area contributed by atoms with Crippen molar-refractivity contribution >= 4 is 39.9 Å². The lowest BCUT2D eigenvalue weighted by Gasteiger charge is -2.11. The highest BCUT2D eigenvalue weighted by atomic mass is 16.4. The largest absolute Gasteiger partial charge is 0.506 e. The molecule has 0 unspecified atom stereocenters. The summed E-state index contributed by atoms with van der Waals surface area (Å²) in [6.07, 6.45) is 3.25. The minimum absolute atomic E-state index is 0.0317. The molecule has 4 rings (SSSR count). The van der Waals surface area contributed by atoms with Gasteiger partial charge in [-0.05, 0) is 17.2 Å². The number of carboxylic acid groups (broad SMARTS) is 1. The molecule has 0 radical (unpaired) electrons. The van der Waals surface area contributed by atoms with Crippen LogP contribution in [0, 0.1) is 0 Å². The molecule has 3 N–H and O–H groups in total. The molecule has 140 valence electrons. The predicted octanol–water partition coefficient (Wildman–Crippen LogP) is 3.14. The molecular weight excluding hydrogens is 358 g/mol. The van der Waals surface area contributed by atoms with E-state index in [1.807, 2.05) is 41.0 Å². The number of fused-ring (bicyclic) bond motifs is 3. The molecule has 0 bridgehead atoms. The average molecular weight is 375 g/mol. The van der Waals surface area contributed by atoms with Crippen molar-refractivity contribution in [3.63, 3.8) is 0 Å². The Balaban J connectivity index is 2.07. The normalized spacial score (nSPS) is 11.0. The van der Waals surface area contributed by atoms with Crippen LogP contribution in [0.15, 0.2) is 54.9 Å². The van der Waals surface area contributed by atoms with Gasteiger partial charge in [-0.15, -0.1) is 0 Å². The zero-order valence-corrected chi connectivity index (χ0v) is 14.8. The van der Waals surface area contributed by atoms with Crippen LogP contribution in [-0.4, -0.2) is 32.1 Å². The molecule has 4 aromatic rings. The number of carboxylic acids is 1. The highest BCUT2D eigenvalue weighted by molar-refractivity contribution is 6.18. The first-order valence-corrected chi connectivity index (χ1v) is 8.66. The molecule has 2 aromatic carbocycles. The summed E-state index contributed by atoms with van der Waals surface area (Å²) in [6.45, 7) is 0.533. The number of nitrogens with one attached hydrogen (secondary N) is 1. The van der Waals surface area contributed by atoms with Gasteiger partial charge in [-0.1, -0.05) is 36.4 Å². The van der Waals surface area contributed by atoms with Crippen LogP contribution in [0.5, 0.6) is 5.75 Å². The van der Waals surface area contributed by atoms with Crippen LogP contribution >= 0.6 is 0 Å². The molecule has 1 amide bonds. The van der Waals surface area contributed by atoms with Crippen molar-refractivity contribution in [3.05, 3.63) is 66.0 Å². The van der Waals surface area contributed by atoms with Crippen LogP contribution in [-0.2, 0) is 22.6 Å². The van der Waals surface area contributed by atoms with E-state index in [0.29, 0.717) is 40.5 Å². The monoisotopic (exact) mass is 375 g/mol. The third-order valence-corrected chi connectivity index (χ3v) is 4.74. The van der Waals surface area contributed by atoms with Gasteiger partial charge in [0.25, 0.3) is 0 Å². The van der Waals surface area contributed by atoms with Gasteiger partial charge < -0.3 is 20.1 Å². The van der Waals surface area contributed by atoms with Gasteiger partial charge in [0, 0.05) is 11.9 Å². The third kappa shape index (κ3) is 2.92. The molecule has 0 aliphatic rings. The lowest BCUT2D eigenvalue weighted by molar-refractivity contribution is -0.136. The lowest BCUT2D eigenvalue weighted by Crippen LogP contribution is -2.06. The summed E-state index contributed by atoms with van der Waals surface area (Å²) in [6, 6.07) is 13.3. The van der Waals surface area contributed by atoms with E-state index in [0.717, 1.165) is 11.1 Å². The Labute approximate surface area is 159 Å². The fourth-order valence-corrected chi connectivity index (χ4v) is 3.61. The first-order valence-electron chi connectivity index (χ1n) is 8.66. The van der Waals surface area contributed by atoms with Crippen LogP contribution in [0.2, 0.25) is 0 Å². The highest BCUT2D eigenvalue weighted by Gasteiger charge is 2.20. The van der Waals surface area contributed by atoms with Crippen molar-refractivity contribution in [2.45, 2.75) is 13.0 Å². The maximum atomic E-state index is 11.3. The molecule has 2 aromatic heterocycles. The van der Waals surface area contributed by atoms with Crippen molar-refractivity contribution < 1.29 is 19.8 Å². The molecule has 28 heavy (non-hydrogen) atoms. The number of carbonyl (C=O) groups is 2. The Morgan fingerprint density at radius 2 is 1.86 bits per heavy atom. The summed E-state index contributed by atoms with van der Waals surface area (Å²) < 4.78 is 1.99. The molecular formula is C21H17N3O4. The number of nitrogens with zero attached hydrogens (tertiary/aromatic N) is 2. The molecule has 2 heterocycles. The van der Waals surface area contributed by atoms with Crippen molar-refractivity contribution in [1.29, 1.82) is 0 Å². The fourth-order valence-electron chi connectivity index (χ4n) is 3.61. The Hall–Kier alpha value is -3.87. The number of anilines is 1. The van der Waals surface area contributed by atoms with Gasteiger partial charge >= 0.3 is 5.97 Å². The second kappa shape index (κ2) is 7.03. The van der Waals surface area contributed by atoms with E-state index < -0.39 is 5.97 Å². The van der Waals surface area contributed by atoms with Gasteiger partial charge in [0.15, 0.2) is 0 Å². The molecule has 7 nitrogen and oxygen atoms in total. The van der Waals surface area contributed by atoms with Crippen molar-refractivity contribution in [2.75, 3.05) is 5.32 Å². The quantitative estimate of drug-likeness (QED) is 0.449. The minimum Gasteiger partial charge on any atom is -0.506 e. The average Bonchev–Trinajstić information content (AvgIpc) is 2.99. The van der Waals surface area contributed by atoms with Crippen molar-refractivity contribution in [1.82, 2.24) is 9.55 Å². The zero-order chi connectivity index (χ0) is 19.7. The maximum absolute atomic E-state index is 11.3. The van der Waals surface area contributed by atoms with Crippen LogP contribution in [0.1, 0.15) is 11.1 Å². The van der Waals surface area contributed by atoms with Gasteiger partial charge in [0.1, 0.15) is 5.75 Å². The summed E-state index contributed by atoms with van der Waals surface area (Å²) in [5.41, 5.74) is 3.36. The van der Waals surface area contributed by atoms with E-state index in [9.17, 15) is 19.8 Å². The number of carbonyl (C=O) groups excluding carboxylic acids is 1. The fraction of sp³-hybridized carbons (Fsp3) is 0.0952. The number of hydrogen-bond donors (Lipinski definition) is 3. The molecule has 0 atom stereocenters. The van der Waals surface area contributed by atoms with Crippen molar-refractivity contribution in [2.24, 2.45) is 0 Å². The van der Waals surface area contributed by atoms with Gasteiger partial charge in [-0.3, -0.25) is 14.6 Å². The predicted molar refractivity (Wildman–Crippen MR) is 105 cm³/mol. The van der Waals surface area contributed by atoms with Crippen LogP contribution in [0.3, 0.4) is 0 Å². The van der Waals surface area contributed by atoms with E-state index in [4.69, 9.17) is 0 Å². The summed E-state index contributed by atoms with van der Waals surface area (Å²) in [5.74, 6) is -1.04. The number of hydrogen-bond acceptors (Lipinski definition) is 4. The molecule has 0 spiro atoms. The topological polar surface area (TPSA) is 104 Å². The van der Waals surface area contributed by atoms with E-state index in [2.05, 4.69) is 10.3 Å². The molecule has 0 aliphatic heterocycles.